The predicted molar refractivity (Wildman–Crippen MR) is 74.0 cm³/mol. The van der Waals surface area contributed by atoms with E-state index >= 15 is 0 Å². The van der Waals surface area contributed by atoms with Crippen LogP contribution >= 0.6 is 0 Å². The van der Waals surface area contributed by atoms with Crippen molar-refractivity contribution in [3.8, 4) is 0 Å². The van der Waals surface area contributed by atoms with Gasteiger partial charge < -0.3 is 19.9 Å². The van der Waals surface area contributed by atoms with E-state index < -0.39 is 6.10 Å². The summed E-state index contributed by atoms with van der Waals surface area (Å²) in [6, 6.07) is 4.02. The molecule has 0 saturated carbocycles. The van der Waals surface area contributed by atoms with Gasteiger partial charge in [0.2, 0.25) is 0 Å². The Hall–Kier alpha value is -1.01. The van der Waals surface area contributed by atoms with E-state index in [9.17, 15) is 5.11 Å². The third-order valence-electron chi connectivity index (χ3n) is 2.78. The minimum atomic E-state index is -0.509. The summed E-state index contributed by atoms with van der Waals surface area (Å²) < 4.78 is 10.1. The summed E-state index contributed by atoms with van der Waals surface area (Å²) in [7, 11) is 1.62. The highest BCUT2D eigenvalue weighted by Crippen LogP contribution is 2.05. The first-order valence-electron chi connectivity index (χ1n) is 6.66. The Balaban J connectivity index is 2.18. The van der Waals surface area contributed by atoms with Gasteiger partial charge in [-0.2, -0.15) is 0 Å². The molecule has 0 aliphatic carbocycles. The third kappa shape index (κ3) is 6.63. The second-order valence-corrected chi connectivity index (χ2v) is 4.32. The topological polar surface area (TPSA) is 63.6 Å². The van der Waals surface area contributed by atoms with Crippen LogP contribution in [0, 0.1) is 0 Å². The summed E-state index contributed by atoms with van der Waals surface area (Å²) in [5.41, 5.74) is 2.28. The molecule has 0 aliphatic rings. The van der Waals surface area contributed by atoms with Crippen molar-refractivity contribution < 1.29 is 14.6 Å². The van der Waals surface area contributed by atoms with Gasteiger partial charge in [-0.1, -0.05) is 13.0 Å². The van der Waals surface area contributed by atoms with Crippen LogP contribution in [-0.2, 0) is 22.4 Å². The largest absolute Gasteiger partial charge is 0.389 e. The Labute approximate surface area is 115 Å². The Morgan fingerprint density at radius 3 is 3.00 bits per heavy atom. The number of aliphatic hydroxyl groups is 1. The number of methoxy groups -OCH3 is 1. The predicted octanol–water partition coefficient (Wildman–Crippen LogP) is 0.757. The van der Waals surface area contributed by atoms with Crippen LogP contribution in [0.5, 0.6) is 0 Å². The minimum absolute atomic E-state index is 0.319. The Kier molecular flexibility index (Phi) is 8.33. The molecule has 0 saturated heterocycles. The van der Waals surface area contributed by atoms with Gasteiger partial charge in [-0.25, -0.2) is 0 Å². The highest BCUT2D eigenvalue weighted by atomic mass is 16.5. The zero-order valence-corrected chi connectivity index (χ0v) is 11.8. The van der Waals surface area contributed by atoms with E-state index in [2.05, 4.69) is 23.3 Å². The van der Waals surface area contributed by atoms with E-state index in [0.29, 0.717) is 32.9 Å². The molecule has 5 nitrogen and oxygen atoms in total. The van der Waals surface area contributed by atoms with Gasteiger partial charge in [0.1, 0.15) is 0 Å². The molecule has 1 atom stereocenters. The van der Waals surface area contributed by atoms with E-state index in [1.165, 1.54) is 5.56 Å². The van der Waals surface area contributed by atoms with Crippen molar-refractivity contribution >= 4 is 0 Å². The molecule has 19 heavy (non-hydrogen) atoms. The van der Waals surface area contributed by atoms with Crippen molar-refractivity contribution in [2.45, 2.75) is 26.0 Å². The van der Waals surface area contributed by atoms with Crippen LogP contribution in [0.1, 0.15) is 18.2 Å². The fourth-order valence-electron chi connectivity index (χ4n) is 1.73. The number of aromatic nitrogens is 1. The van der Waals surface area contributed by atoms with Crippen molar-refractivity contribution in [2.75, 3.05) is 33.5 Å². The number of nitrogens with zero attached hydrogens (tertiary/aromatic N) is 1. The number of ether oxygens (including phenoxy) is 2. The molecule has 0 aliphatic heterocycles. The van der Waals surface area contributed by atoms with Crippen LogP contribution in [0.3, 0.4) is 0 Å². The van der Waals surface area contributed by atoms with E-state index in [1.807, 2.05) is 6.07 Å². The van der Waals surface area contributed by atoms with Crippen molar-refractivity contribution in [1.29, 1.82) is 0 Å². The lowest BCUT2D eigenvalue weighted by Crippen LogP contribution is -2.31. The molecule has 1 rings (SSSR count). The molecule has 0 bridgehead atoms. The van der Waals surface area contributed by atoms with Gasteiger partial charge in [0.25, 0.3) is 0 Å². The fraction of sp³-hybridized carbons (Fsp3) is 0.643. The zero-order valence-electron chi connectivity index (χ0n) is 11.8. The molecule has 0 radical (unpaired) electrons. The number of hydrogen-bond acceptors (Lipinski definition) is 5. The van der Waals surface area contributed by atoms with Crippen LogP contribution in [0.15, 0.2) is 18.3 Å². The molecule has 0 fully saturated rings. The van der Waals surface area contributed by atoms with Crippen LogP contribution < -0.4 is 5.32 Å². The summed E-state index contributed by atoms with van der Waals surface area (Å²) in [6.45, 7) is 4.64. The Morgan fingerprint density at radius 1 is 1.42 bits per heavy atom. The number of hydrogen-bond donors (Lipinski definition) is 2. The molecule has 108 valence electrons. The maximum Gasteiger partial charge on any atom is 0.0897 e. The second kappa shape index (κ2) is 9.86. The lowest BCUT2D eigenvalue weighted by molar-refractivity contribution is 0.0137. The Morgan fingerprint density at radius 2 is 2.26 bits per heavy atom. The van der Waals surface area contributed by atoms with Gasteiger partial charge in [0.15, 0.2) is 0 Å². The van der Waals surface area contributed by atoms with Gasteiger partial charge >= 0.3 is 0 Å². The average molecular weight is 268 g/mol. The van der Waals surface area contributed by atoms with Crippen molar-refractivity contribution in [3.05, 3.63) is 29.6 Å². The molecule has 1 aromatic heterocycles. The first-order chi connectivity index (χ1) is 9.27. The maximum atomic E-state index is 9.70. The fourth-order valence-corrected chi connectivity index (χ4v) is 1.73. The number of nitrogens with one attached hydrogen (secondary N) is 1. The van der Waals surface area contributed by atoms with E-state index in [1.54, 1.807) is 13.3 Å². The molecule has 1 heterocycles. The van der Waals surface area contributed by atoms with E-state index in [4.69, 9.17) is 9.47 Å². The SMILES string of the molecule is CCc1cccnc1CNCC(O)COCCOC. The first-order valence-corrected chi connectivity index (χ1v) is 6.66. The van der Waals surface area contributed by atoms with Crippen LogP contribution in [0.2, 0.25) is 0 Å². The standard InChI is InChI=1S/C14H24N2O3/c1-3-12-5-4-6-16-14(12)10-15-9-13(17)11-19-8-7-18-2/h4-6,13,15,17H,3,7-11H2,1-2H3. The monoisotopic (exact) mass is 268 g/mol. The van der Waals surface area contributed by atoms with Crippen molar-refractivity contribution in [1.82, 2.24) is 10.3 Å². The van der Waals surface area contributed by atoms with Crippen molar-refractivity contribution in [2.24, 2.45) is 0 Å². The summed E-state index contributed by atoms with van der Waals surface area (Å²) in [5, 5.41) is 12.9. The van der Waals surface area contributed by atoms with Gasteiger partial charge in [0, 0.05) is 26.4 Å². The van der Waals surface area contributed by atoms with Crippen LogP contribution in [0.25, 0.3) is 0 Å². The minimum Gasteiger partial charge on any atom is -0.389 e. The van der Waals surface area contributed by atoms with Gasteiger partial charge in [-0.05, 0) is 18.1 Å². The maximum absolute atomic E-state index is 9.70. The average Bonchev–Trinajstić information content (AvgIpc) is 2.44. The molecule has 0 spiro atoms. The quantitative estimate of drug-likeness (QED) is 0.613. The summed E-state index contributed by atoms with van der Waals surface area (Å²) >= 11 is 0. The second-order valence-electron chi connectivity index (χ2n) is 4.32. The van der Waals surface area contributed by atoms with Gasteiger partial charge in [0.05, 0.1) is 31.6 Å². The van der Waals surface area contributed by atoms with E-state index in [-0.39, 0.29) is 0 Å². The molecule has 0 aromatic carbocycles. The van der Waals surface area contributed by atoms with Crippen LogP contribution in [0.4, 0.5) is 0 Å². The van der Waals surface area contributed by atoms with E-state index in [0.717, 1.165) is 12.1 Å². The molecular formula is C14H24N2O3. The number of aryl methyl sites for hydroxylation is 1. The normalized spacial score (nSPS) is 12.6. The number of aliphatic hydroxyl groups excluding tert-OH is 1. The summed E-state index contributed by atoms with van der Waals surface area (Å²) in [5.74, 6) is 0. The highest BCUT2D eigenvalue weighted by molar-refractivity contribution is 5.19. The molecule has 2 N–H and O–H groups in total. The van der Waals surface area contributed by atoms with Crippen molar-refractivity contribution in [3.63, 3.8) is 0 Å². The molecular weight excluding hydrogens is 244 g/mol. The third-order valence-corrected chi connectivity index (χ3v) is 2.78. The molecule has 1 aromatic rings. The number of pyridine rings is 1. The molecule has 5 heteroatoms. The van der Waals surface area contributed by atoms with Crippen LogP contribution in [-0.4, -0.2) is 49.7 Å². The van der Waals surface area contributed by atoms with Gasteiger partial charge in [-0.15, -0.1) is 0 Å². The molecule has 0 amide bonds. The zero-order chi connectivity index (χ0) is 13.9. The lowest BCUT2D eigenvalue weighted by Gasteiger charge is -2.13. The Bertz CT molecular complexity index is 347. The highest BCUT2D eigenvalue weighted by Gasteiger charge is 2.05. The summed E-state index contributed by atoms with van der Waals surface area (Å²) in [4.78, 5) is 4.34. The number of rotatable bonds is 10. The smallest absolute Gasteiger partial charge is 0.0897 e. The van der Waals surface area contributed by atoms with Gasteiger partial charge in [-0.3, -0.25) is 4.98 Å². The lowest BCUT2D eigenvalue weighted by atomic mass is 10.1. The molecule has 1 unspecified atom stereocenters. The summed E-state index contributed by atoms with van der Waals surface area (Å²) in [6.07, 6.45) is 2.25. The first kappa shape index (κ1) is 16.0.